The number of nitrogens with one attached hydrogen (secondary N) is 1. The molecule has 20 heavy (non-hydrogen) atoms. The highest BCUT2D eigenvalue weighted by molar-refractivity contribution is 9.10. The van der Waals surface area contributed by atoms with Gasteiger partial charge in [-0.15, -0.1) is 0 Å². The number of nitrogens with two attached hydrogens (primary N) is 1. The van der Waals surface area contributed by atoms with Crippen molar-refractivity contribution in [2.24, 2.45) is 5.92 Å². The summed E-state index contributed by atoms with van der Waals surface area (Å²) in [6.45, 7) is 3.68. The minimum atomic E-state index is -3.51. The Bertz CT molecular complexity index is 584. The Balaban J connectivity index is 2.04. The summed E-state index contributed by atoms with van der Waals surface area (Å²) in [6, 6.07) is 3.20. The van der Waals surface area contributed by atoms with Crippen LogP contribution in [0, 0.1) is 12.8 Å². The summed E-state index contributed by atoms with van der Waals surface area (Å²) in [4.78, 5) is 0.237. The van der Waals surface area contributed by atoms with Gasteiger partial charge in [-0.25, -0.2) is 13.1 Å². The van der Waals surface area contributed by atoms with Gasteiger partial charge in [0.1, 0.15) is 0 Å². The highest BCUT2D eigenvalue weighted by Crippen LogP contribution is 2.26. The van der Waals surface area contributed by atoms with Crippen molar-refractivity contribution in [1.82, 2.24) is 4.72 Å². The molecule has 112 valence electrons. The smallest absolute Gasteiger partial charge is 0.240 e. The Morgan fingerprint density at radius 2 is 2.25 bits per heavy atom. The molecule has 1 aliphatic heterocycles. The molecule has 0 bridgehead atoms. The maximum absolute atomic E-state index is 12.3. The van der Waals surface area contributed by atoms with Crippen molar-refractivity contribution in [3.63, 3.8) is 0 Å². The molecular formula is C13H19BrN2O3S. The maximum Gasteiger partial charge on any atom is 0.240 e. The lowest BCUT2D eigenvalue weighted by atomic mass is 10.1. The molecule has 1 aromatic carbocycles. The van der Waals surface area contributed by atoms with Crippen LogP contribution < -0.4 is 10.5 Å². The minimum Gasteiger partial charge on any atom is -0.398 e. The first-order chi connectivity index (χ1) is 9.40. The Labute approximate surface area is 128 Å². The Hall–Kier alpha value is -0.630. The van der Waals surface area contributed by atoms with Crippen molar-refractivity contribution >= 4 is 31.6 Å². The summed E-state index contributed by atoms with van der Waals surface area (Å²) < 4.78 is 33.2. The lowest BCUT2D eigenvalue weighted by molar-refractivity contribution is 0.184. The van der Waals surface area contributed by atoms with E-state index in [2.05, 4.69) is 20.7 Å². The normalized spacial score (nSPS) is 19.4. The predicted octanol–water partition coefficient (Wildman–Crippen LogP) is 2.04. The van der Waals surface area contributed by atoms with Crippen LogP contribution in [0.15, 0.2) is 21.5 Å². The summed E-state index contributed by atoms with van der Waals surface area (Å²) in [7, 11) is -3.51. The van der Waals surface area contributed by atoms with Gasteiger partial charge in [-0.2, -0.15) is 0 Å². The highest BCUT2D eigenvalue weighted by atomic mass is 79.9. The largest absolute Gasteiger partial charge is 0.398 e. The van der Waals surface area contributed by atoms with Crippen LogP contribution in [0.2, 0.25) is 0 Å². The van der Waals surface area contributed by atoms with Gasteiger partial charge in [0.2, 0.25) is 10.0 Å². The van der Waals surface area contributed by atoms with Crippen molar-refractivity contribution < 1.29 is 13.2 Å². The van der Waals surface area contributed by atoms with Crippen LogP contribution in [0.3, 0.4) is 0 Å². The third kappa shape index (κ3) is 3.72. The highest BCUT2D eigenvalue weighted by Gasteiger charge is 2.20. The molecule has 1 aromatic rings. The minimum absolute atomic E-state index is 0.237. The second-order valence-corrected chi connectivity index (χ2v) is 7.64. The number of hydrogen-bond acceptors (Lipinski definition) is 4. The molecule has 5 nitrogen and oxygen atoms in total. The van der Waals surface area contributed by atoms with Gasteiger partial charge < -0.3 is 10.5 Å². The Morgan fingerprint density at radius 1 is 1.50 bits per heavy atom. The molecule has 3 N–H and O–H groups in total. The number of nitrogen functional groups attached to an aromatic ring is 1. The molecule has 0 spiro atoms. The molecular weight excluding hydrogens is 344 g/mol. The quantitative estimate of drug-likeness (QED) is 0.785. The number of rotatable bonds is 5. The van der Waals surface area contributed by atoms with Gasteiger partial charge in [-0.1, -0.05) is 0 Å². The average Bonchev–Trinajstić information content (AvgIpc) is 2.86. The first-order valence-electron chi connectivity index (χ1n) is 6.53. The van der Waals surface area contributed by atoms with Gasteiger partial charge >= 0.3 is 0 Å². The fraction of sp³-hybridized carbons (Fsp3) is 0.538. The zero-order valence-electron chi connectivity index (χ0n) is 11.4. The van der Waals surface area contributed by atoms with Crippen LogP contribution >= 0.6 is 15.9 Å². The SMILES string of the molecule is Cc1cc(Br)c(N)cc1S(=O)(=O)NCCC1CCOC1. The lowest BCUT2D eigenvalue weighted by Crippen LogP contribution is -2.27. The molecule has 1 heterocycles. The van der Waals surface area contributed by atoms with Crippen molar-refractivity contribution in [2.45, 2.75) is 24.7 Å². The van der Waals surface area contributed by atoms with Crippen molar-refractivity contribution in [2.75, 3.05) is 25.5 Å². The fourth-order valence-electron chi connectivity index (χ4n) is 2.24. The zero-order chi connectivity index (χ0) is 14.8. The number of hydrogen-bond donors (Lipinski definition) is 2. The molecule has 0 amide bonds. The van der Waals surface area contributed by atoms with Gasteiger partial charge in [0.15, 0.2) is 0 Å². The average molecular weight is 363 g/mol. The molecule has 0 radical (unpaired) electrons. The van der Waals surface area contributed by atoms with Crippen LogP contribution in [0.4, 0.5) is 5.69 Å². The third-order valence-electron chi connectivity index (χ3n) is 3.45. The summed E-state index contributed by atoms with van der Waals surface area (Å²) in [5.41, 5.74) is 6.84. The van der Waals surface area contributed by atoms with Crippen molar-refractivity contribution in [1.29, 1.82) is 0 Å². The van der Waals surface area contributed by atoms with E-state index >= 15 is 0 Å². The number of anilines is 1. The second kappa shape index (κ2) is 6.43. The number of benzene rings is 1. The monoisotopic (exact) mass is 362 g/mol. The van der Waals surface area contributed by atoms with E-state index < -0.39 is 10.0 Å². The maximum atomic E-state index is 12.3. The predicted molar refractivity (Wildman–Crippen MR) is 82.0 cm³/mol. The lowest BCUT2D eigenvalue weighted by Gasteiger charge is -2.12. The van der Waals surface area contributed by atoms with Crippen LogP contribution in [0.5, 0.6) is 0 Å². The van der Waals surface area contributed by atoms with Gasteiger partial charge in [0, 0.05) is 29.9 Å². The van der Waals surface area contributed by atoms with E-state index in [0.29, 0.717) is 28.2 Å². The first kappa shape index (κ1) is 15.8. The second-order valence-electron chi connectivity index (χ2n) is 5.06. The molecule has 2 rings (SSSR count). The summed E-state index contributed by atoms with van der Waals surface area (Å²) >= 11 is 3.29. The molecule has 0 aromatic heterocycles. The summed E-state index contributed by atoms with van der Waals surface area (Å²) in [6.07, 6.45) is 1.80. The van der Waals surface area contributed by atoms with Crippen molar-refractivity contribution in [3.05, 3.63) is 22.2 Å². The Kier molecular flexibility index (Phi) is 5.06. The Morgan fingerprint density at radius 3 is 2.90 bits per heavy atom. The van der Waals surface area contributed by atoms with E-state index in [-0.39, 0.29) is 4.90 Å². The summed E-state index contributed by atoms with van der Waals surface area (Å²) in [5.74, 6) is 0.453. The van der Waals surface area contributed by atoms with Gasteiger partial charge in [-0.3, -0.25) is 0 Å². The molecule has 0 aliphatic carbocycles. The van der Waals surface area contributed by atoms with Crippen LogP contribution in [-0.2, 0) is 14.8 Å². The van der Waals surface area contributed by atoms with Gasteiger partial charge in [-0.05, 0) is 59.3 Å². The van der Waals surface area contributed by atoms with E-state index in [1.807, 2.05) is 0 Å². The van der Waals surface area contributed by atoms with E-state index in [0.717, 1.165) is 26.1 Å². The van der Waals surface area contributed by atoms with Gasteiger partial charge in [0.25, 0.3) is 0 Å². The number of aryl methyl sites for hydroxylation is 1. The number of sulfonamides is 1. The van der Waals surface area contributed by atoms with E-state index in [9.17, 15) is 8.42 Å². The molecule has 1 aliphatic rings. The molecule has 1 atom stereocenters. The third-order valence-corrected chi connectivity index (χ3v) is 5.74. The van der Waals surface area contributed by atoms with E-state index in [1.54, 1.807) is 13.0 Å². The van der Waals surface area contributed by atoms with Crippen LogP contribution in [0.25, 0.3) is 0 Å². The molecule has 0 saturated carbocycles. The first-order valence-corrected chi connectivity index (χ1v) is 8.81. The molecule has 1 fully saturated rings. The van der Waals surface area contributed by atoms with Crippen LogP contribution in [0.1, 0.15) is 18.4 Å². The van der Waals surface area contributed by atoms with E-state index in [1.165, 1.54) is 6.07 Å². The zero-order valence-corrected chi connectivity index (χ0v) is 13.8. The van der Waals surface area contributed by atoms with Gasteiger partial charge in [0.05, 0.1) is 4.90 Å². The molecule has 1 saturated heterocycles. The van der Waals surface area contributed by atoms with Crippen LogP contribution in [-0.4, -0.2) is 28.2 Å². The standard InChI is InChI=1S/C13H19BrN2O3S/c1-9-6-11(14)12(15)7-13(9)20(17,18)16-4-2-10-3-5-19-8-10/h6-7,10,16H,2-5,8,15H2,1H3. The summed E-state index contributed by atoms with van der Waals surface area (Å²) in [5, 5.41) is 0. The van der Waals surface area contributed by atoms with Crippen molar-refractivity contribution in [3.8, 4) is 0 Å². The molecule has 7 heteroatoms. The number of halogens is 1. The molecule has 1 unspecified atom stereocenters. The number of ether oxygens (including phenoxy) is 1. The van der Waals surface area contributed by atoms with E-state index in [4.69, 9.17) is 10.5 Å². The fourth-order valence-corrected chi connectivity index (χ4v) is 4.01. The topological polar surface area (TPSA) is 81.4 Å².